The Balaban J connectivity index is 1.84. The predicted molar refractivity (Wildman–Crippen MR) is 77.8 cm³/mol. The van der Waals surface area contributed by atoms with Gasteiger partial charge in [0.05, 0.1) is 12.0 Å². The molecule has 108 valence electrons. The number of ether oxygens (including phenoxy) is 1. The van der Waals surface area contributed by atoms with E-state index >= 15 is 0 Å². The van der Waals surface area contributed by atoms with Crippen LogP contribution in [0, 0.1) is 0 Å². The van der Waals surface area contributed by atoms with Crippen LogP contribution in [0.15, 0.2) is 29.1 Å². The highest BCUT2D eigenvalue weighted by atomic mass is 16.5. The molecular formula is C14H20N4O2. The lowest BCUT2D eigenvalue weighted by Gasteiger charge is -2.06. The predicted octanol–water partition coefficient (Wildman–Crippen LogP) is 0.808. The van der Waals surface area contributed by atoms with Crippen LogP contribution >= 0.6 is 0 Å². The van der Waals surface area contributed by atoms with E-state index in [1.807, 2.05) is 12.1 Å². The molecule has 0 unspecified atom stereocenters. The molecule has 0 saturated heterocycles. The van der Waals surface area contributed by atoms with Crippen molar-refractivity contribution in [2.24, 2.45) is 0 Å². The summed E-state index contributed by atoms with van der Waals surface area (Å²) in [5.74, 6) is 0. The number of benzene rings is 1. The summed E-state index contributed by atoms with van der Waals surface area (Å²) in [7, 11) is 1.69. The number of aryl methyl sites for hydroxylation is 1. The summed E-state index contributed by atoms with van der Waals surface area (Å²) in [5, 5.41) is 11.9. The summed E-state index contributed by atoms with van der Waals surface area (Å²) < 4.78 is 6.39. The lowest BCUT2D eigenvalue weighted by atomic mass is 10.2. The van der Waals surface area contributed by atoms with E-state index in [2.05, 4.69) is 15.6 Å². The van der Waals surface area contributed by atoms with Gasteiger partial charge >= 0.3 is 0 Å². The van der Waals surface area contributed by atoms with Crippen LogP contribution in [0.5, 0.6) is 0 Å². The number of unbranched alkanes of at least 4 members (excludes halogenated alkanes) is 1. The molecule has 20 heavy (non-hydrogen) atoms. The average Bonchev–Trinajstić information content (AvgIpc) is 2.49. The Kier molecular flexibility index (Phi) is 5.64. The van der Waals surface area contributed by atoms with E-state index < -0.39 is 0 Å². The van der Waals surface area contributed by atoms with Gasteiger partial charge in [0.25, 0.3) is 5.56 Å². The quantitative estimate of drug-likeness (QED) is 0.723. The number of nitrogens with one attached hydrogen (secondary N) is 1. The maximum absolute atomic E-state index is 12.2. The second kappa shape index (κ2) is 7.72. The van der Waals surface area contributed by atoms with E-state index in [0.717, 1.165) is 32.5 Å². The van der Waals surface area contributed by atoms with Crippen LogP contribution in [0.25, 0.3) is 10.9 Å². The average molecular weight is 276 g/mol. The van der Waals surface area contributed by atoms with Gasteiger partial charge in [0.15, 0.2) is 0 Å². The molecule has 0 bridgehead atoms. The number of hydrogen-bond acceptors (Lipinski definition) is 5. The van der Waals surface area contributed by atoms with Gasteiger partial charge in [-0.15, -0.1) is 5.10 Å². The van der Waals surface area contributed by atoms with Gasteiger partial charge in [-0.1, -0.05) is 17.3 Å². The zero-order chi connectivity index (χ0) is 14.2. The maximum Gasteiger partial charge on any atom is 0.277 e. The van der Waals surface area contributed by atoms with E-state index in [0.29, 0.717) is 17.4 Å². The second-order valence-electron chi connectivity index (χ2n) is 4.58. The minimum absolute atomic E-state index is 0.0667. The highest BCUT2D eigenvalue weighted by Crippen LogP contribution is 2.03. The minimum atomic E-state index is -0.0667. The summed E-state index contributed by atoms with van der Waals surface area (Å²) in [4.78, 5) is 12.2. The van der Waals surface area contributed by atoms with Gasteiger partial charge in [-0.3, -0.25) is 4.79 Å². The lowest BCUT2D eigenvalue weighted by Crippen LogP contribution is -2.25. The van der Waals surface area contributed by atoms with E-state index in [1.165, 1.54) is 4.68 Å². The van der Waals surface area contributed by atoms with Gasteiger partial charge in [-0.05, 0) is 31.5 Å². The van der Waals surface area contributed by atoms with Crippen LogP contribution in [0.3, 0.4) is 0 Å². The number of methoxy groups -OCH3 is 1. The van der Waals surface area contributed by atoms with Crippen LogP contribution < -0.4 is 10.9 Å². The smallest absolute Gasteiger partial charge is 0.277 e. The van der Waals surface area contributed by atoms with Crippen molar-refractivity contribution < 1.29 is 4.74 Å². The zero-order valence-corrected chi connectivity index (χ0v) is 11.7. The SMILES string of the molecule is COCCNCCCCn1nnc2ccccc2c1=O. The Morgan fingerprint density at radius 2 is 2.10 bits per heavy atom. The van der Waals surface area contributed by atoms with Crippen molar-refractivity contribution in [3.63, 3.8) is 0 Å². The first-order valence-electron chi connectivity index (χ1n) is 6.85. The van der Waals surface area contributed by atoms with Gasteiger partial charge in [-0.2, -0.15) is 0 Å². The molecular weight excluding hydrogens is 256 g/mol. The molecule has 2 rings (SSSR count). The van der Waals surface area contributed by atoms with Gasteiger partial charge in [0, 0.05) is 20.2 Å². The lowest BCUT2D eigenvalue weighted by molar-refractivity contribution is 0.199. The first-order valence-corrected chi connectivity index (χ1v) is 6.85. The molecule has 1 N–H and O–H groups in total. The maximum atomic E-state index is 12.2. The molecule has 0 fully saturated rings. The fourth-order valence-electron chi connectivity index (χ4n) is 1.98. The molecule has 0 aliphatic carbocycles. The number of aromatic nitrogens is 3. The van der Waals surface area contributed by atoms with E-state index in [1.54, 1.807) is 19.2 Å². The standard InChI is InChI=1S/C14H20N4O2/c1-20-11-9-15-8-4-5-10-18-14(19)12-6-2-3-7-13(12)16-17-18/h2-3,6-7,15H,4-5,8-11H2,1H3. The summed E-state index contributed by atoms with van der Waals surface area (Å²) >= 11 is 0. The molecule has 1 aromatic heterocycles. The van der Waals surface area contributed by atoms with E-state index in [9.17, 15) is 4.79 Å². The summed E-state index contributed by atoms with van der Waals surface area (Å²) in [6, 6.07) is 7.28. The number of rotatable bonds is 8. The van der Waals surface area contributed by atoms with Gasteiger partial charge in [0.1, 0.15) is 5.52 Å². The molecule has 0 spiro atoms. The van der Waals surface area contributed by atoms with Crippen molar-refractivity contribution in [3.8, 4) is 0 Å². The number of fused-ring (bicyclic) bond motifs is 1. The van der Waals surface area contributed by atoms with Crippen molar-refractivity contribution in [2.45, 2.75) is 19.4 Å². The third-order valence-electron chi connectivity index (χ3n) is 3.09. The van der Waals surface area contributed by atoms with Crippen LogP contribution in [0.1, 0.15) is 12.8 Å². The molecule has 0 atom stereocenters. The molecule has 6 heteroatoms. The van der Waals surface area contributed by atoms with Crippen molar-refractivity contribution in [1.29, 1.82) is 0 Å². The normalized spacial score (nSPS) is 11.1. The first-order chi connectivity index (χ1) is 9.83. The van der Waals surface area contributed by atoms with E-state index in [-0.39, 0.29) is 5.56 Å². The Bertz CT molecular complexity index is 597. The molecule has 6 nitrogen and oxygen atoms in total. The minimum Gasteiger partial charge on any atom is -0.383 e. The topological polar surface area (TPSA) is 69.0 Å². The molecule has 0 aliphatic rings. The van der Waals surface area contributed by atoms with Gasteiger partial charge in [0.2, 0.25) is 0 Å². The monoisotopic (exact) mass is 276 g/mol. The molecule has 1 aromatic carbocycles. The van der Waals surface area contributed by atoms with E-state index in [4.69, 9.17) is 4.74 Å². The number of nitrogens with zero attached hydrogens (tertiary/aromatic N) is 3. The molecule has 0 saturated carbocycles. The zero-order valence-electron chi connectivity index (χ0n) is 11.7. The van der Waals surface area contributed by atoms with Gasteiger partial charge < -0.3 is 10.1 Å². The third-order valence-corrected chi connectivity index (χ3v) is 3.09. The molecule has 0 aliphatic heterocycles. The Morgan fingerprint density at radius 1 is 1.25 bits per heavy atom. The second-order valence-corrected chi connectivity index (χ2v) is 4.58. The summed E-state index contributed by atoms with van der Waals surface area (Å²) in [5.41, 5.74) is 0.581. The molecule has 0 radical (unpaired) electrons. The highest BCUT2D eigenvalue weighted by molar-refractivity contribution is 5.76. The van der Waals surface area contributed by atoms with Crippen LogP contribution in [-0.4, -0.2) is 41.8 Å². The highest BCUT2D eigenvalue weighted by Gasteiger charge is 2.04. The fraction of sp³-hybridized carbons (Fsp3) is 0.500. The Morgan fingerprint density at radius 3 is 2.95 bits per heavy atom. The van der Waals surface area contributed by atoms with Crippen molar-refractivity contribution in [3.05, 3.63) is 34.6 Å². The van der Waals surface area contributed by atoms with Crippen molar-refractivity contribution in [2.75, 3.05) is 26.8 Å². The van der Waals surface area contributed by atoms with Crippen LogP contribution in [0.4, 0.5) is 0 Å². The Hall–Kier alpha value is -1.79. The fourth-order valence-corrected chi connectivity index (χ4v) is 1.98. The first kappa shape index (κ1) is 14.6. The summed E-state index contributed by atoms with van der Waals surface area (Å²) in [6.07, 6.45) is 1.89. The Labute approximate surface area is 117 Å². The van der Waals surface area contributed by atoms with Crippen molar-refractivity contribution >= 4 is 10.9 Å². The summed E-state index contributed by atoms with van der Waals surface area (Å²) in [6.45, 7) is 3.09. The molecule has 1 heterocycles. The van der Waals surface area contributed by atoms with Crippen molar-refractivity contribution in [1.82, 2.24) is 20.3 Å². The number of hydrogen-bond donors (Lipinski definition) is 1. The van der Waals surface area contributed by atoms with Crippen LogP contribution in [-0.2, 0) is 11.3 Å². The third kappa shape index (κ3) is 3.85. The van der Waals surface area contributed by atoms with Crippen LogP contribution in [0.2, 0.25) is 0 Å². The molecule has 2 aromatic rings. The van der Waals surface area contributed by atoms with Gasteiger partial charge in [-0.25, -0.2) is 4.68 Å². The largest absolute Gasteiger partial charge is 0.383 e. The molecule has 0 amide bonds.